The molecular formula is C23H12BrCl2N3O3S. The molecule has 0 saturated heterocycles. The molecule has 0 radical (unpaired) electrons. The van der Waals surface area contributed by atoms with Crippen LogP contribution < -0.4 is 15.7 Å². The minimum atomic E-state index is -0.526. The van der Waals surface area contributed by atoms with E-state index in [2.05, 4.69) is 26.1 Å². The normalized spacial score (nSPS) is 12.0. The summed E-state index contributed by atoms with van der Waals surface area (Å²) in [6.07, 6.45) is 1.73. The molecule has 3 aromatic heterocycles. The van der Waals surface area contributed by atoms with Crippen LogP contribution in [-0.2, 0) is 6.42 Å². The SMILES string of the molecule is O=c1c(Cc2ccc(Cl)cc2Cl)nnc2s/c(=C\c3ccc(-c4ccc(Br)cc4)o3)c(=O)n12. The van der Waals surface area contributed by atoms with Crippen LogP contribution in [0, 0.1) is 0 Å². The molecule has 0 bridgehead atoms. The minimum absolute atomic E-state index is 0.119. The monoisotopic (exact) mass is 559 g/mol. The topological polar surface area (TPSA) is 77.5 Å². The fourth-order valence-corrected chi connectivity index (χ4v) is 4.91. The van der Waals surface area contributed by atoms with E-state index in [9.17, 15) is 9.59 Å². The number of nitrogens with zero attached hydrogens (tertiary/aromatic N) is 3. The van der Waals surface area contributed by atoms with Crippen molar-refractivity contribution in [2.24, 2.45) is 0 Å². The molecule has 2 aromatic carbocycles. The van der Waals surface area contributed by atoms with E-state index in [0.29, 0.717) is 31.7 Å². The van der Waals surface area contributed by atoms with Crippen LogP contribution in [0.15, 0.2) is 73.1 Å². The van der Waals surface area contributed by atoms with Gasteiger partial charge in [-0.1, -0.05) is 68.7 Å². The van der Waals surface area contributed by atoms with Crippen LogP contribution in [0.5, 0.6) is 0 Å². The van der Waals surface area contributed by atoms with Crippen LogP contribution >= 0.6 is 50.5 Å². The lowest BCUT2D eigenvalue weighted by molar-refractivity contribution is 0.571. The summed E-state index contributed by atoms with van der Waals surface area (Å²) in [7, 11) is 0. The van der Waals surface area contributed by atoms with E-state index in [1.54, 1.807) is 30.3 Å². The third-order valence-corrected chi connectivity index (χ3v) is 6.99. The largest absolute Gasteiger partial charge is 0.457 e. The Balaban J connectivity index is 1.53. The van der Waals surface area contributed by atoms with Gasteiger partial charge >= 0.3 is 0 Å². The van der Waals surface area contributed by atoms with Gasteiger partial charge in [0.05, 0.1) is 0 Å². The third kappa shape index (κ3) is 4.39. The molecule has 0 amide bonds. The summed E-state index contributed by atoms with van der Waals surface area (Å²) in [5.41, 5.74) is 0.692. The fourth-order valence-electron chi connectivity index (χ4n) is 3.28. The second-order valence-corrected chi connectivity index (χ2v) is 9.88. The van der Waals surface area contributed by atoms with Crippen LogP contribution in [0.4, 0.5) is 0 Å². The lowest BCUT2D eigenvalue weighted by Crippen LogP contribution is -2.33. The van der Waals surface area contributed by atoms with E-state index in [4.69, 9.17) is 27.6 Å². The average Bonchev–Trinajstić information content (AvgIpc) is 3.38. The summed E-state index contributed by atoms with van der Waals surface area (Å²) >= 11 is 16.6. The lowest BCUT2D eigenvalue weighted by atomic mass is 10.1. The highest BCUT2D eigenvalue weighted by Gasteiger charge is 2.15. The van der Waals surface area contributed by atoms with Crippen molar-refractivity contribution in [3.05, 3.63) is 111 Å². The quantitative estimate of drug-likeness (QED) is 0.310. The fraction of sp³-hybridized carbons (Fsp3) is 0.0435. The van der Waals surface area contributed by atoms with Crippen molar-refractivity contribution in [2.75, 3.05) is 0 Å². The molecule has 10 heteroatoms. The van der Waals surface area contributed by atoms with Crippen LogP contribution in [0.3, 0.4) is 0 Å². The van der Waals surface area contributed by atoms with Crippen molar-refractivity contribution in [3.8, 4) is 11.3 Å². The predicted molar refractivity (Wildman–Crippen MR) is 133 cm³/mol. The van der Waals surface area contributed by atoms with Crippen molar-refractivity contribution in [1.29, 1.82) is 0 Å². The van der Waals surface area contributed by atoms with E-state index in [-0.39, 0.29) is 17.1 Å². The van der Waals surface area contributed by atoms with Crippen molar-refractivity contribution >= 4 is 61.5 Å². The van der Waals surface area contributed by atoms with Crippen LogP contribution in [0.1, 0.15) is 17.0 Å². The molecule has 0 aliphatic rings. The first-order valence-corrected chi connectivity index (χ1v) is 12.0. The molecule has 164 valence electrons. The highest BCUT2D eigenvalue weighted by molar-refractivity contribution is 9.10. The first kappa shape index (κ1) is 22.0. The molecular weight excluding hydrogens is 549 g/mol. The Kier molecular flexibility index (Phi) is 5.92. The van der Waals surface area contributed by atoms with Gasteiger partial charge in [-0.15, -0.1) is 10.2 Å². The molecule has 0 fully saturated rings. The van der Waals surface area contributed by atoms with Crippen molar-refractivity contribution < 1.29 is 4.42 Å². The Bertz CT molecular complexity index is 1680. The first-order valence-electron chi connectivity index (χ1n) is 9.61. The van der Waals surface area contributed by atoms with Crippen molar-refractivity contribution in [1.82, 2.24) is 14.6 Å². The van der Waals surface area contributed by atoms with Gasteiger partial charge in [-0.2, -0.15) is 0 Å². The number of aromatic nitrogens is 3. The smallest absolute Gasteiger partial charge is 0.283 e. The van der Waals surface area contributed by atoms with Gasteiger partial charge in [0.15, 0.2) is 0 Å². The number of benzene rings is 2. The second-order valence-electron chi connectivity index (χ2n) is 7.11. The molecule has 0 aliphatic carbocycles. The van der Waals surface area contributed by atoms with E-state index < -0.39 is 11.1 Å². The molecule has 0 atom stereocenters. The molecule has 0 unspecified atom stereocenters. The van der Waals surface area contributed by atoms with Gasteiger partial charge in [-0.3, -0.25) is 9.59 Å². The number of halogens is 3. The maximum atomic E-state index is 13.0. The Morgan fingerprint density at radius 1 is 1.00 bits per heavy atom. The zero-order valence-electron chi connectivity index (χ0n) is 16.6. The second kappa shape index (κ2) is 8.87. The van der Waals surface area contributed by atoms with E-state index in [1.807, 2.05) is 30.3 Å². The average molecular weight is 561 g/mol. The molecule has 0 N–H and O–H groups in total. The summed E-state index contributed by atoms with van der Waals surface area (Å²) in [5.74, 6) is 1.16. The van der Waals surface area contributed by atoms with Gasteiger partial charge in [0.1, 0.15) is 21.7 Å². The van der Waals surface area contributed by atoms with Crippen LogP contribution in [0.2, 0.25) is 10.0 Å². The number of fused-ring (bicyclic) bond motifs is 1. The summed E-state index contributed by atoms with van der Waals surface area (Å²) in [6, 6.07) is 16.3. The summed E-state index contributed by atoms with van der Waals surface area (Å²) in [4.78, 5) is 26.1. The molecule has 5 rings (SSSR count). The summed E-state index contributed by atoms with van der Waals surface area (Å²) in [6.45, 7) is 0. The van der Waals surface area contributed by atoms with Gasteiger partial charge in [0.25, 0.3) is 11.1 Å². The van der Waals surface area contributed by atoms with E-state index in [1.165, 1.54) is 0 Å². The maximum absolute atomic E-state index is 13.0. The number of furan rings is 1. The Morgan fingerprint density at radius 3 is 2.55 bits per heavy atom. The Hall–Kier alpha value is -2.78. The molecule has 3 heterocycles. The van der Waals surface area contributed by atoms with Gasteiger partial charge in [0.2, 0.25) is 4.96 Å². The molecule has 5 aromatic rings. The molecule has 33 heavy (non-hydrogen) atoms. The van der Waals surface area contributed by atoms with Gasteiger partial charge in [-0.25, -0.2) is 4.40 Å². The van der Waals surface area contributed by atoms with Gasteiger partial charge in [0, 0.05) is 32.6 Å². The summed E-state index contributed by atoms with van der Waals surface area (Å²) in [5, 5.41) is 9.01. The van der Waals surface area contributed by atoms with Gasteiger partial charge < -0.3 is 4.42 Å². The standard InChI is InChI=1S/C23H12BrCl2N3O3S/c24-14-4-1-12(2-5-14)19-8-7-16(32-19)11-20-22(31)29-21(30)18(27-28-23(29)33-20)9-13-3-6-15(25)10-17(13)26/h1-8,10-11H,9H2/b20-11-. The van der Waals surface area contributed by atoms with Crippen LogP contribution in [-0.4, -0.2) is 14.6 Å². The maximum Gasteiger partial charge on any atom is 0.283 e. The summed E-state index contributed by atoms with van der Waals surface area (Å²) < 4.78 is 8.18. The van der Waals surface area contributed by atoms with E-state index in [0.717, 1.165) is 25.8 Å². The Morgan fingerprint density at radius 2 is 1.79 bits per heavy atom. The highest BCUT2D eigenvalue weighted by atomic mass is 79.9. The molecule has 0 saturated carbocycles. The highest BCUT2D eigenvalue weighted by Crippen LogP contribution is 2.24. The van der Waals surface area contributed by atoms with Gasteiger partial charge in [-0.05, 0) is 42.0 Å². The first-order chi connectivity index (χ1) is 15.9. The lowest BCUT2D eigenvalue weighted by Gasteiger charge is -2.03. The van der Waals surface area contributed by atoms with E-state index >= 15 is 0 Å². The zero-order chi connectivity index (χ0) is 23.1. The number of hydrogen-bond acceptors (Lipinski definition) is 6. The molecule has 0 aliphatic heterocycles. The third-order valence-electron chi connectivity index (χ3n) is 4.91. The number of thiazole rings is 1. The molecule has 0 spiro atoms. The zero-order valence-corrected chi connectivity index (χ0v) is 20.5. The molecule has 6 nitrogen and oxygen atoms in total. The number of rotatable bonds is 4. The van der Waals surface area contributed by atoms with Crippen molar-refractivity contribution in [3.63, 3.8) is 0 Å². The minimum Gasteiger partial charge on any atom is -0.457 e. The number of hydrogen-bond donors (Lipinski definition) is 0. The predicted octanol–water partition coefficient (Wildman–Crippen LogP) is 4.98. The Labute approximate surface area is 208 Å². The van der Waals surface area contributed by atoms with Crippen molar-refractivity contribution in [2.45, 2.75) is 6.42 Å². The van der Waals surface area contributed by atoms with Crippen LogP contribution in [0.25, 0.3) is 22.4 Å².